The first-order valence-electron chi connectivity index (χ1n) is 11.4. The molecule has 0 spiro atoms. The second-order valence-corrected chi connectivity index (χ2v) is 7.28. The van der Waals surface area contributed by atoms with Crippen LogP contribution in [0.1, 0.15) is 37.9 Å². The zero-order valence-corrected chi connectivity index (χ0v) is 19.8. The molecule has 0 saturated carbocycles. The Hall–Kier alpha value is -2.77. The van der Waals surface area contributed by atoms with Crippen molar-refractivity contribution in [3.63, 3.8) is 0 Å². The van der Waals surface area contributed by atoms with Crippen molar-refractivity contribution >= 4 is 5.96 Å². The number of hydrogen-bond acceptors (Lipinski definition) is 5. The van der Waals surface area contributed by atoms with Crippen LogP contribution in [0.4, 0.5) is 0 Å². The van der Waals surface area contributed by atoms with Crippen LogP contribution in [0.15, 0.2) is 53.5 Å². The van der Waals surface area contributed by atoms with Crippen molar-refractivity contribution in [1.82, 2.24) is 15.5 Å². The molecule has 0 aromatic heterocycles. The van der Waals surface area contributed by atoms with Crippen molar-refractivity contribution in [2.75, 3.05) is 46.5 Å². The van der Waals surface area contributed by atoms with E-state index in [1.807, 2.05) is 18.2 Å². The summed E-state index contributed by atoms with van der Waals surface area (Å²) in [4.78, 5) is 7.21. The maximum absolute atomic E-state index is 8.97. The van der Waals surface area contributed by atoms with Gasteiger partial charge in [-0.1, -0.05) is 50.2 Å². The molecule has 0 bridgehead atoms. The molecule has 1 unspecified atom stereocenters. The summed E-state index contributed by atoms with van der Waals surface area (Å²) in [6.45, 7) is 10.7. The number of guanidine groups is 1. The number of ether oxygens (including phenoxy) is 2. The molecular weight excluding hydrogens is 404 g/mol. The first kappa shape index (κ1) is 25.5. The molecule has 7 heteroatoms. The molecule has 0 aliphatic heterocycles. The van der Waals surface area contributed by atoms with Crippen LogP contribution in [-0.4, -0.2) is 62.5 Å². The minimum atomic E-state index is -0.0373. The number of aliphatic imine (C=N–C) groups is 1. The Labute approximate surface area is 192 Å². The molecule has 0 saturated heterocycles. The molecule has 1 atom stereocenters. The highest BCUT2D eigenvalue weighted by atomic mass is 16.5. The van der Waals surface area contributed by atoms with Gasteiger partial charge in [0.1, 0.15) is 6.61 Å². The Bertz CT molecular complexity index is 810. The monoisotopic (exact) mass is 442 g/mol. The second kappa shape index (κ2) is 14.3. The molecule has 0 amide bonds. The number of aliphatic hydroxyl groups is 1. The van der Waals surface area contributed by atoms with Crippen molar-refractivity contribution in [3.05, 3.63) is 59.7 Å². The van der Waals surface area contributed by atoms with E-state index in [1.54, 1.807) is 7.11 Å². The number of benzene rings is 2. The van der Waals surface area contributed by atoms with E-state index in [1.165, 1.54) is 5.56 Å². The highest BCUT2D eigenvalue weighted by molar-refractivity contribution is 5.79. The fourth-order valence-corrected chi connectivity index (χ4v) is 3.59. The predicted octanol–water partition coefficient (Wildman–Crippen LogP) is 3.20. The summed E-state index contributed by atoms with van der Waals surface area (Å²) in [5.74, 6) is 2.03. The quantitative estimate of drug-likeness (QED) is 0.327. The third kappa shape index (κ3) is 7.73. The molecule has 0 aliphatic rings. The van der Waals surface area contributed by atoms with E-state index in [-0.39, 0.29) is 19.3 Å². The van der Waals surface area contributed by atoms with Crippen molar-refractivity contribution < 1.29 is 14.6 Å². The SMILES string of the molecule is CCNC(=NCc1ccc(OCCO)c(OC)c1)NCC(c1ccccc1)N(CC)CC. The number of rotatable bonds is 13. The molecule has 0 radical (unpaired) electrons. The van der Waals surface area contributed by atoms with Gasteiger partial charge in [-0.3, -0.25) is 4.90 Å². The maximum Gasteiger partial charge on any atom is 0.191 e. The summed E-state index contributed by atoms with van der Waals surface area (Å²) in [5, 5.41) is 15.8. The zero-order valence-electron chi connectivity index (χ0n) is 19.8. The number of aliphatic hydroxyl groups excluding tert-OH is 1. The Balaban J connectivity index is 2.11. The molecule has 3 N–H and O–H groups in total. The highest BCUT2D eigenvalue weighted by Crippen LogP contribution is 2.28. The normalized spacial score (nSPS) is 12.5. The minimum absolute atomic E-state index is 0.0373. The lowest BCUT2D eigenvalue weighted by Crippen LogP contribution is -2.43. The topological polar surface area (TPSA) is 78.4 Å². The lowest BCUT2D eigenvalue weighted by atomic mass is 10.1. The van der Waals surface area contributed by atoms with Crippen molar-refractivity contribution in [1.29, 1.82) is 0 Å². The smallest absolute Gasteiger partial charge is 0.191 e. The van der Waals surface area contributed by atoms with Crippen LogP contribution < -0.4 is 20.1 Å². The maximum atomic E-state index is 8.97. The van der Waals surface area contributed by atoms with E-state index < -0.39 is 0 Å². The van der Waals surface area contributed by atoms with Crippen LogP contribution in [-0.2, 0) is 6.54 Å². The average Bonchev–Trinajstić information content (AvgIpc) is 2.84. The van der Waals surface area contributed by atoms with Gasteiger partial charge in [0, 0.05) is 13.1 Å². The summed E-state index contributed by atoms with van der Waals surface area (Å²) in [5.41, 5.74) is 2.31. The summed E-state index contributed by atoms with van der Waals surface area (Å²) >= 11 is 0. The average molecular weight is 443 g/mol. The summed E-state index contributed by atoms with van der Waals surface area (Å²) < 4.78 is 10.9. The second-order valence-electron chi connectivity index (χ2n) is 7.28. The third-order valence-corrected chi connectivity index (χ3v) is 5.24. The molecule has 2 rings (SSSR count). The number of nitrogens with one attached hydrogen (secondary N) is 2. The van der Waals surface area contributed by atoms with E-state index in [4.69, 9.17) is 19.6 Å². The fraction of sp³-hybridized carbons (Fsp3) is 0.480. The van der Waals surface area contributed by atoms with Crippen LogP contribution in [0.2, 0.25) is 0 Å². The number of hydrogen-bond donors (Lipinski definition) is 3. The van der Waals surface area contributed by atoms with Gasteiger partial charge in [-0.2, -0.15) is 0 Å². The number of methoxy groups -OCH3 is 1. The largest absolute Gasteiger partial charge is 0.493 e. The van der Waals surface area contributed by atoms with Crippen LogP contribution in [0.25, 0.3) is 0 Å². The molecule has 0 fully saturated rings. The van der Waals surface area contributed by atoms with E-state index in [0.717, 1.165) is 37.7 Å². The predicted molar refractivity (Wildman–Crippen MR) is 130 cm³/mol. The third-order valence-electron chi connectivity index (χ3n) is 5.24. The van der Waals surface area contributed by atoms with Crippen LogP contribution in [0.5, 0.6) is 11.5 Å². The van der Waals surface area contributed by atoms with E-state index in [9.17, 15) is 0 Å². The van der Waals surface area contributed by atoms with Crippen LogP contribution in [0.3, 0.4) is 0 Å². The lowest BCUT2D eigenvalue weighted by Gasteiger charge is -2.30. The van der Waals surface area contributed by atoms with Crippen molar-refractivity contribution in [3.8, 4) is 11.5 Å². The summed E-state index contributed by atoms with van der Waals surface area (Å²) in [6.07, 6.45) is 0. The summed E-state index contributed by atoms with van der Waals surface area (Å²) in [7, 11) is 1.61. The Kier molecular flexibility index (Phi) is 11.4. The highest BCUT2D eigenvalue weighted by Gasteiger charge is 2.18. The van der Waals surface area contributed by atoms with Crippen LogP contribution >= 0.6 is 0 Å². The Morgan fingerprint density at radius 1 is 1.03 bits per heavy atom. The van der Waals surface area contributed by atoms with E-state index >= 15 is 0 Å². The van der Waals surface area contributed by atoms with Crippen molar-refractivity contribution in [2.24, 2.45) is 4.99 Å². The first-order chi connectivity index (χ1) is 15.7. The Morgan fingerprint density at radius 2 is 1.78 bits per heavy atom. The molecule has 7 nitrogen and oxygen atoms in total. The van der Waals surface area contributed by atoms with Gasteiger partial charge in [0.15, 0.2) is 17.5 Å². The zero-order chi connectivity index (χ0) is 23.2. The number of likely N-dealkylation sites (N-methyl/N-ethyl adjacent to an activating group) is 1. The number of nitrogens with zero attached hydrogens (tertiary/aromatic N) is 2. The molecule has 0 aliphatic carbocycles. The van der Waals surface area contributed by atoms with Gasteiger partial charge in [-0.25, -0.2) is 4.99 Å². The summed E-state index contributed by atoms with van der Waals surface area (Å²) in [6, 6.07) is 16.6. The van der Waals surface area contributed by atoms with Gasteiger partial charge in [0.05, 0.1) is 26.3 Å². The van der Waals surface area contributed by atoms with Gasteiger partial charge >= 0.3 is 0 Å². The van der Waals surface area contributed by atoms with Gasteiger partial charge in [0.25, 0.3) is 0 Å². The first-order valence-corrected chi connectivity index (χ1v) is 11.4. The van der Waals surface area contributed by atoms with Gasteiger partial charge in [-0.05, 0) is 43.3 Å². The van der Waals surface area contributed by atoms with Gasteiger partial charge in [-0.15, -0.1) is 0 Å². The lowest BCUT2D eigenvalue weighted by molar-refractivity contribution is 0.196. The molecule has 32 heavy (non-hydrogen) atoms. The van der Waals surface area contributed by atoms with Crippen LogP contribution in [0, 0.1) is 0 Å². The van der Waals surface area contributed by atoms with E-state index in [0.29, 0.717) is 18.0 Å². The van der Waals surface area contributed by atoms with Gasteiger partial charge in [0.2, 0.25) is 0 Å². The standard InChI is InChI=1S/C25H38N4O3/c1-5-26-25(27-18-20-13-14-23(32-16-15-30)24(17-20)31-4)28-19-22(29(6-2)7-3)21-11-9-8-10-12-21/h8-14,17,22,30H,5-7,15-16,18-19H2,1-4H3,(H2,26,27,28). The minimum Gasteiger partial charge on any atom is -0.493 e. The molecule has 176 valence electrons. The van der Waals surface area contributed by atoms with E-state index in [2.05, 4.69) is 66.6 Å². The fourth-order valence-electron chi connectivity index (χ4n) is 3.59. The van der Waals surface area contributed by atoms with Crippen molar-refractivity contribution in [2.45, 2.75) is 33.4 Å². The molecule has 0 heterocycles. The molecule has 2 aromatic rings. The molecule has 2 aromatic carbocycles. The molecular formula is C25H38N4O3. The Morgan fingerprint density at radius 3 is 2.41 bits per heavy atom. The van der Waals surface area contributed by atoms with Gasteiger partial charge < -0.3 is 25.2 Å².